The fourth-order valence-electron chi connectivity index (χ4n) is 2.19. The molecule has 0 spiro atoms. The van der Waals surface area contributed by atoms with Crippen LogP contribution in [0.2, 0.25) is 0 Å². The Balaban J connectivity index is 1.88. The zero-order valence-corrected chi connectivity index (χ0v) is 15.2. The molecular weight excluding hydrogens is 324 g/mol. The Morgan fingerprint density at radius 3 is 2.62 bits per heavy atom. The molecule has 1 aromatic rings. The monoisotopic (exact) mass is 349 g/mol. The molecule has 1 aliphatic heterocycles. The molecule has 1 aromatic carbocycles. The van der Waals surface area contributed by atoms with Crippen molar-refractivity contribution < 1.29 is 14.7 Å². The van der Waals surface area contributed by atoms with Crippen LogP contribution in [0.1, 0.15) is 36.7 Å². The van der Waals surface area contributed by atoms with Crippen LogP contribution in [0.25, 0.3) is 0 Å². The fraction of sp³-hybridized carbons (Fsp3) is 0.471. The summed E-state index contributed by atoms with van der Waals surface area (Å²) in [6.45, 7) is 8.72. The topological polar surface area (TPSA) is 67.6 Å². The maximum absolute atomic E-state index is 12.1. The highest BCUT2D eigenvalue weighted by molar-refractivity contribution is 7.80. The number of hydrogen-bond donors (Lipinski definition) is 3. The lowest BCUT2D eigenvalue weighted by Crippen LogP contribution is -2.36. The van der Waals surface area contributed by atoms with Crippen LogP contribution in [0, 0.1) is 0 Å². The standard InChI is InChI=1S/C17H24N4O2S/c1-17(2,3)21(23)12-13-4-6-14(7-5-13)15(22)18-8-10-20-11-9-19-16(20)24/h4-7,12H,8-11H2,1-3H3,(H2-,18,19,22,23,24)/p+1. The molecule has 0 unspecified atom stereocenters. The molecular formula is C17H25N4O2S+. The number of thiocarbonyl (C=S) groups is 1. The van der Waals surface area contributed by atoms with Gasteiger partial charge in [0.05, 0.1) is 0 Å². The SMILES string of the molecule is CC(C)(C)/[N+](O)=C/c1ccc(C(=O)NCCN2CCNC2=S)cc1. The molecule has 2 rings (SSSR count). The summed E-state index contributed by atoms with van der Waals surface area (Å²) in [5.74, 6) is -0.115. The second-order valence-electron chi connectivity index (χ2n) is 6.74. The Labute approximate surface area is 148 Å². The van der Waals surface area contributed by atoms with E-state index in [0.717, 1.165) is 28.5 Å². The van der Waals surface area contributed by atoms with Gasteiger partial charge in [-0.15, -0.1) is 0 Å². The summed E-state index contributed by atoms with van der Waals surface area (Å²) in [4.78, 5) is 14.2. The third-order valence-electron chi connectivity index (χ3n) is 3.74. The van der Waals surface area contributed by atoms with E-state index < -0.39 is 0 Å². The van der Waals surface area contributed by atoms with Gasteiger partial charge in [0.1, 0.15) is 0 Å². The minimum absolute atomic E-state index is 0.115. The minimum Gasteiger partial charge on any atom is -0.361 e. The van der Waals surface area contributed by atoms with Crippen LogP contribution in [0.15, 0.2) is 24.3 Å². The number of rotatable bonds is 5. The number of hydroxylamine groups is 1. The third-order valence-corrected chi connectivity index (χ3v) is 4.15. The number of nitrogens with one attached hydrogen (secondary N) is 2. The molecule has 0 bridgehead atoms. The van der Waals surface area contributed by atoms with Gasteiger partial charge in [0, 0.05) is 58.1 Å². The van der Waals surface area contributed by atoms with Gasteiger partial charge in [-0.2, -0.15) is 0 Å². The van der Waals surface area contributed by atoms with Gasteiger partial charge in [-0.05, 0) is 41.2 Å². The lowest BCUT2D eigenvalue weighted by molar-refractivity contribution is -0.816. The summed E-state index contributed by atoms with van der Waals surface area (Å²) >= 11 is 5.16. The Morgan fingerprint density at radius 1 is 1.42 bits per heavy atom. The molecule has 0 atom stereocenters. The van der Waals surface area contributed by atoms with E-state index in [1.54, 1.807) is 18.3 Å². The predicted molar refractivity (Wildman–Crippen MR) is 97.9 cm³/mol. The van der Waals surface area contributed by atoms with E-state index in [1.807, 2.05) is 37.8 Å². The molecule has 1 aliphatic rings. The highest BCUT2D eigenvalue weighted by Crippen LogP contribution is 2.07. The third kappa shape index (κ3) is 4.92. The van der Waals surface area contributed by atoms with Gasteiger partial charge >= 0.3 is 0 Å². The molecule has 1 heterocycles. The molecule has 0 saturated carbocycles. The summed E-state index contributed by atoms with van der Waals surface area (Å²) in [5, 5.41) is 16.7. The summed E-state index contributed by atoms with van der Waals surface area (Å²) < 4.78 is 1.16. The van der Waals surface area contributed by atoms with Crippen LogP contribution >= 0.6 is 12.2 Å². The predicted octanol–water partition coefficient (Wildman–Crippen LogP) is 1.23. The van der Waals surface area contributed by atoms with Crippen molar-refractivity contribution >= 4 is 29.5 Å². The minimum atomic E-state index is -0.374. The first-order valence-electron chi connectivity index (χ1n) is 8.01. The number of amides is 1. The van der Waals surface area contributed by atoms with E-state index in [9.17, 15) is 10.0 Å². The van der Waals surface area contributed by atoms with Crippen LogP contribution in [0.3, 0.4) is 0 Å². The molecule has 6 nitrogen and oxygen atoms in total. The number of benzene rings is 1. The van der Waals surface area contributed by atoms with Crippen molar-refractivity contribution in [3.8, 4) is 0 Å². The van der Waals surface area contributed by atoms with Crippen molar-refractivity contribution in [2.45, 2.75) is 26.3 Å². The van der Waals surface area contributed by atoms with Gasteiger partial charge in [-0.1, -0.05) is 0 Å². The first-order chi connectivity index (χ1) is 11.3. The molecule has 1 amide bonds. The van der Waals surface area contributed by atoms with Crippen molar-refractivity contribution in [3.05, 3.63) is 35.4 Å². The van der Waals surface area contributed by atoms with Crippen LogP contribution < -0.4 is 10.6 Å². The Hall–Kier alpha value is -2.15. The molecule has 3 N–H and O–H groups in total. The molecule has 0 aromatic heterocycles. The average Bonchev–Trinajstić information content (AvgIpc) is 2.92. The van der Waals surface area contributed by atoms with Gasteiger partial charge in [-0.3, -0.25) is 10.0 Å². The van der Waals surface area contributed by atoms with Crippen molar-refractivity contribution in [2.75, 3.05) is 26.2 Å². The normalized spacial score (nSPS) is 15.4. The van der Waals surface area contributed by atoms with E-state index in [2.05, 4.69) is 10.6 Å². The maximum Gasteiger partial charge on any atom is 0.251 e. The molecule has 0 radical (unpaired) electrons. The summed E-state index contributed by atoms with van der Waals surface area (Å²) in [5.41, 5.74) is 1.05. The van der Waals surface area contributed by atoms with Crippen LogP contribution in [-0.2, 0) is 0 Å². The van der Waals surface area contributed by atoms with Crippen molar-refractivity contribution in [2.24, 2.45) is 0 Å². The first-order valence-corrected chi connectivity index (χ1v) is 8.42. The molecule has 0 aliphatic carbocycles. The maximum atomic E-state index is 12.1. The van der Waals surface area contributed by atoms with E-state index in [-0.39, 0.29) is 11.4 Å². The number of hydrogen-bond acceptors (Lipinski definition) is 3. The van der Waals surface area contributed by atoms with Crippen molar-refractivity contribution in [1.29, 1.82) is 0 Å². The van der Waals surface area contributed by atoms with Gasteiger partial charge in [-0.25, -0.2) is 0 Å². The Bertz CT molecular complexity index is 635. The summed E-state index contributed by atoms with van der Waals surface area (Å²) in [7, 11) is 0. The zero-order chi connectivity index (χ0) is 17.7. The lowest BCUT2D eigenvalue weighted by Gasteiger charge is -2.16. The number of nitrogens with zero attached hydrogens (tertiary/aromatic N) is 2. The fourth-order valence-corrected chi connectivity index (χ4v) is 2.47. The van der Waals surface area contributed by atoms with Crippen molar-refractivity contribution in [1.82, 2.24) is 15.5 Å². The first kappa shape index (κ1) is 18.2. The summed E-state index contributed by atoms with van der Waals surface area (Å²) in [6, 6.07) is 7.12. The molecule has 24 heavy (non-hydrogen) atoms. The van der Waals surface area contributed by atoms with E-state index in [0.29, 0.717) is 18.7 Å². The second kappa shape index (κ2) is 7.61. The number of carbonyl (C=O) groups is 1. The molecule has 130 valence electrons. The Morgan fingerprint density at radius 2 is 2.08 bits per heavy atom. The summed E-state index contributed by atoms with van der Waals surface area (Å²) in [6.07, 6.45) is 1.64. The van der Waals surface area contributed by atoms with E-state index >= 15 is 0 Å². The van der Waals surface area contributed by atoms with Gasteiger partial charge < -0.3 is 15.5 Å². The second-order valence-corrected chi connectivity index (χ2v) is 7.13. The Kier molecular flexibility index (Phi) is 5.77. The van der Waals surface area contributed by atoms with Gasteiger partial charge in [0.15, 0.2) is 5.11 Å². The molecule has 1 fully saturated rings. The van der Waals surface area contributed by atoms with Crippen molar-refractivity contribution in [3.63, 3.8) is 0 Å². The highest BCUT2D eigenvalue weighted by atomic mass is 32.1. The van der Waals surface area contributed by atoms with Crippen LogP contribution in [-0.4, -0.2) is 63.8 Å². The highest BCUT2D eigenvalue weighted by Gasteiger charge is 2.24. The van der Waals surface area contributed by atoms with Gasteiger partial charge in [0.25, 0.3) is 5.91 Å². The van der Waals surface area contributed by atoms with E-state index in [1.165, 1.54) is 0 Å². The zero-order valence-electron chi connectivity index (χ0n) is 14.4. The van der Waals surface area contributed by atoms with E-state index in [4.69, 9.17) is 12.2 Å². The average molecular weight is 349 g/mol. The smallest absolute Gasteiger partial charge is 0.251 e. The lowest BCUT2D eigenvalue weighted by atomic mass is 10.1. The largest absolute Gasteiger partial charge is 0.361 e. The van der Waals surface area contributed by atoms with Crippen LogP contribution in [0.4, 0.5) is 0 Å². The van der Waals surface area contributed by atoms with Crippen LogP contribution in [0.5, 0.6) is 0 Å². The molecule has 7 heteroatoms. The van der Waals surface area contributed by atoms with Gasteiger partial charge in [0.2, 0.25) is 11.8 Å². The molecule has 1 saturated heterocycles. The quantitative estimate of drug-likeness (QED) is 0.245. The number of carbonyl (C=O) groups excluding carboxylic acids is 1.